The predicted octanol–water partition coefficient (Wildman–Crippen LogP) is 3.23. The van der Waals surface area contributed by atoms with Crippen molar-refractivity contribution in [3.63, 3.8) is 0 Å². The van der Waals surface area contributed by atoms with Gasteiger partial charge < -0.3 is 4.74 Å². The molecule has 2 rings (SSSR count). The van der Waals surface area contributed by atoms with Crippen LogP contribution in [0.4, 0.5) is 0 Å². The molecule has 0 unspecified atom stereocenters. The Morgan fingerprint density at radius 2 is 1.73 bits per heavy atom. The van der Waals surface area contributed by atoms with Crippen LogP contribution in [0.25, 0.3) is 0 Å². The van der Waals surface area contributed by atoms with Crippen molar-refractivity contribution in [2.75, 3.05) is 0 Å². The zero-order chi connectivity index (χ0) is 10.7. The van der Waals surface area contributed by atoms with Crippen LogP contribution in [0.15, 0.2) is 36.4 Å². The quantitative estimate of drug-likeness (QED) is 0.780. The summed E-state index contributed by atoms with van der Waals surface area (Å²) in [5.41, 5.74) is 1.18. The summed E-state index contributed by atoms with van der Waals surface area (Å²) in [5.74, 6) is 1.17. The van der Waals surface area contributed by atoms with Crippen molar-refractivity contribution in [2.24, 2.45) is 0 Å². The Balaban J connectivity index is 2.15. The lowest BCUT2D eigenvalue weighted by molar-refractivity contribution is 0.455. The van der Waals surface area contributed by atoms with Crippen LogP contribution in [0.5, 0.6) is 11.6 Å². The predicted molar refractivity (Wildman–Crippen MR) is 58.3 cm³/mol. The molecule has 1 heterocycles. The summed E-state index contributed by atoms with van der Waals surface area (Å²) in [5, 5.41) is 7.83. The van der Waals surface area contributed by atoms with E-state index in [2.05, 4.69) is 10.2 Å². The van der Waals surface area contributed by atoms with E-state index in [-0.39, 0.29) is 0 Å². The van der Waals surface area contributed by atoms with Gasteiger partial charge in [0.15, 0.2) is 5.15 Å². The van der Waals surface area contributed by atoms with E-state index in [1.165, 1.54) is 5.56 Å². The number of aryl methyl sites for hydroxylation is 1. The molecule has 0 aliphatic rings. The number of nitrogens with zero attached hydrogens (tertiary/aromatic N) is 2. The minimum Gasteiger partial charge on any atom is -0.438 e. The first kappa shape index (κ1) is 9.93. The van der Waals surface area contributed by atoms with E-state index >= 15 is 0 Å². The number of rotatable bonds is 2. The molecular formula is C11H9ClN2O. The van der Waals surface area contributed by atoms with Gasteiger partial charge in [0.05, 0.1) is 0 Å². The molecule has 0 spiro atoms. The summed E-state index contributed by atoms with van der Waals surface area (Å²) in [7, 11) is 0. The first-order valence-corrected chi connectivity index (χ1v) is 4.85. The van der Waals surface area contributed by atoms with Crippen molar-refractivity contribution < 1.29 is 4.74 Å². The molecule has 0 radical (unpaired) electrons. The van der Waals surface area contributed by atoms with E-state index in [1.54, 1.807) is 12.1 Å². The van der Waals surface area contributed by atoms with Crippen LogP contribution < -0.4 is 4.74 Å². The van der Waals surface area contributed by atoms with E-state index in [9.17, 15) is 0 Å². The molecule has 1 aromatic heterocycles. The molecule has 76 valence electrons. The molecule has 0 aliphatic heterocycles. The molecule has 1 aromatic carbocycles. The lowest BCUT2D eigenvalue weighted by Crippen LogP contribution is -1.89. The van der Waals surface area contributed by atoms with Crippen LogP contribution in [0, 0.1) is 6.92 Å². The lowest BCUT2D eigenvalue weighted by atomic mass is 10.2. The maximum absolute atomic E-state index is 5.61. The molecule has 4 heteroatoms. The van der Waals surface area contributed by atoms with Crippen molar-refractivity contribution in [3.05, 3.63) is 47.1 Å². The van der Waals surface area contributed by atoms with Gasteiger partial charge in [-0.1, -0.05) is 29.3 Å². The van der Waals surface area contributed by atoms with Crippen LogP contribution in [-0.2, 0) is 0 Å². The van der Waals surface area contributed by atoms with Gasteiger partial charge in [0, 0.05) is 6.07 Å². The molecule has 3 nitrogen and oxygen atoms in total. The Hall–Kier alpha value is -1.61. The highest BCUT2D eigenvalue weighted by molar-refractivity contribution is 6.29. The molecule has 15 heavy (non-hydrogen) atoms. The Morgan fingerprint density at radius 3 is 2.33 bits per heavy atom. The fraction of sp³-hybridized carbons (Fsp3) is 0.0909. The van der Waals surface area contributed by atoms with Gasteiger partial charge in [-0.3, -0.25) is 0 Å². The highest BCUT2D eigenvalue weighted by Crippen LogP contribution is 2.19. The van der Waals surface area contributed by atoms with Crippen LogP contribution in [0.2, 0.25) is 5.15 Å². The molecule has 2 aromatic rings. The van der Waals surface area contributed by atoms with Crippen molar-refractivity contribution >= 4 is 11.6 Å². The first-order chi connectivity index (χ1) is 7.24. The van der Waals surface area contributed by atoms with E-state index in [0.717, 1.165) is 5.75 Å². The summed E-state index contributed by atoms with van der Waals surface area (Å²) in [6.45, 7) is 2.02. The second-order valence-electron chi connectivity index (χ2n) is 3.11. The summed E-state index contributed by atoms with van der Waals surface area (Å²) in [6, 6.07) is 11.0. The molecule has 0 bridgehead atoms. The Kier molecular flexibility index (Phi) is 2.83. The molecule has 0 amide bonds. The maximum Gasteiger partial charge on any atom is 0.238 e. The smallest absolute Gasteiger partial charge is 0.238 e. The number of hydrogen-bond acceptors (Lipinski definition) is 3. The zero-order valence-corrected chi connectivity index (χ0v) is 8.90. The van der Waals surface area contributed by atoms with Crippen molar-refractivity contribution in [1.82, 2.24) is 10.2 Å². The average Bonchev–Trinajstić information content (AvgIpc) is 2.25. The van der Waals surface area contributed by atoms with Gasteiger partial charge in [0.1, 0.15) is 5.75 Å². The van der Waals surface area contributed by atoms with Gasteiger partial charge in [-0.05, 0) is 25.1 Å². The van der Waals surface area contributed by atoms with E-state index in [1.807, 2.05) is 31.2 Å². The van der Waals surface area contributed by atoms with Crippen molar-refractivity contribution in [2.45, 2.75) is 6.92 Å². The second kappa shape index (κ2) is 4.28. The highest BCUT2D eigenvalue weighted by atomic mass is 35.5. The van der Waals surface area contributed by atoms with Crippen LogP contribution in [0.3, 0.4) is 0 Å². The van der Waals surface area contributed by atoms with Gasteiger partial charge in [-0.15, -0.1) is 10.2 Å². The molecule has 0 atom stereocenters. The monoisotopic (exact) mass is 220 g/mol. The topological polar surface area (TPSA) is 35.0 Å². The maximum atomic E-state index is 5.61. The summed E-state index contributed by atoms with van der Waals surface area (Å²) in [6.07, 6.45) is 0. The minimum atomic E-state index is 0.353. The summed E-state index contributed by atoms with van der Waals surface area (Å²) in [4.78, 5) is 0. The Morgan fingerprint density at radius 1 is 1.00 bits per heavy atom. The average molecular weight is 221 g/mol. The minimum absolute atomic E-state index is 0.353. The Labute approximate surface area is 92.7 Å². The van der Waals surface area contributed by atoms with Crippen molar-refractivity contribution in [3.8, 4) is 11.6 Å². The number of ether oxygens (including phenoxy) is 1. The molecule has 0 saturated heterocycles. The van der Waals surface area contributed by atoms with Gasteiger partial charge in [-0.25, -0.2) is 0 Å². The lowest BCUT2D eigenvalue weighted by Gasteiger charge is -2.03. The molecular weight excluding hydrogens is 212 g/mol. The van der Waals surface area contributed by atoms with Crippen molar-refractivity contribution in [1.29, 1.82) is 0 Å². The van der Waals surface area contributed by atoms with Crippen LogP contribution in [-0.4, -0.2) is 10.2 Å². The van der Waals surface area contributed by atoms with Crippen LogP contribution in [0.1, 0.15) is 5.56 Å². The summed E-state index contributed by atoms with van der Waals surface area (Å²) < 4.78 is 5.46. The fourth-order valence-electron chi connectivity index (χ4n) is 1.09. The first-order valence-electron chi connectivity index (χ1n) is 4.48. The zero-order valence-electron chi connectivity index (χ0n) is 8.14. The molecule has 0 aliphatic carbocycles. The SMILES string of the molecule is Cc1ccc(Oc2ccc(Cl)nn2)cc1. The number of aromatic nitrogens is 2. The van der Waals surface area contributed by atoms with Gasteiger partial charge in [0.2, 0.25) is 5.88 Å². The third-order valence-corrected chi connectivity index (χ3v) is 2.05. The van der Waals surface area contributed by atoms with Crippen LogP contribution >= 0.6 is 11.6 Å². The second-order valence-corrected chi connectivity index (χ2v) is 3.50. The van der Waals surface area contributed by atoms with E-state index in [0.29, 0.717) is 11.0 Å². The number of halogens is 1. The van der Waals surface area contributed by atoms with Gasteiger partial charge in [0.25, 0.3) is 0 Å². The van der Waals surface area contributed by atoms with Gasteiger partial charge >= 0.3 is 0 Å². The third kappa shape index (κ3) is 2.67. The largest absolute Gasteiger partial charge is 0.438 e. The Bertz CT molecular complexity index is 396. The molecule has 0 fully saturated rings. The molecule has 0 N–H and O–H groups in total. The van der Waals surface area contributed by atoms with E-state index < -0.39 is 0 Å². The highest BCUT2D eigenvalue weighted by Gasteiger charge is 1.98. The third-order valence-electron chi connectivity index (χ3n) is 1.85. The van der Waals surface area contributed by atoms with E-state index in [4.69, 9.17) is 16.3 Å². The number of benzene rings is 1. The fourth-order valence-corrected chi connectivity index (χ4v) is 1.19. The standard InChI is InChI=1S/C11H9ClN2O/c1-8-2-4-9(5-3-8)15-11-7-6-10(12)13-14-11/h2-7H,1H3. The number of hydrogen-bond donors (Lipinski definition) is 0. The normalized spacial score (nSPS) is 10.0. The van der Waals surface area contributed by atoms with Gasteiger partial charge in [-0.2, -0.15) is 0 Å². The summed E-state index contributed by atoms with van der Waals surface area (Å²) >= 11 is 5.61. The molecule has 0 saturated carbocycles.